The molecule has 0 radical (unpaired) electrons. The highest BCUT2D eigenvalue weighted by Gasteiger charge is 2.44. The highest BCUT2D eigenvalue weighted by molar-refractivity contribution is 5.86. The Bertz CT molecular complexity index is 348. The molecule has 2 rings (SSSR count). The SMILES string of the molecule is O=C(C1CCCN1C(=O)O)N1CCC(F)(F)C1. The molecule has 2 heterocycles. The number of carboxylic acid groups (broad SMARTS) is 1. The van der Waals surface area contributed by atoms with Crippen molar-refractivity contribution in [2.75, 3.05) is 19.6 Å². The van der Waals surface area contributed by atoms with Crippen molar-refractivity contribution in [1.29, 1.82) is 0 Å². The summed E-state index contributed by atoms with van der Waals surface area (Å²) in [4.78, 5) is 24.9. The third kappa shape index (κ3) is 2.32. The van der Waals surface area contributed by atoms with E-state index in [-0.39, 0.29) is 13.0 Å². The molecule has 2 fully saturated rings. The first-order chi connectivity index (χ1) is 7.91. The van der Waals surface area contributed by atoms with Crippen LogP contribution in [0.5, 0.6) is 0 Å². The van der Waals surface area contributed by atoms with Gasteiger partial charge in [-0.15, -0.1) is 0 Å². The highest BCUT2D eigenvalue weighted by Crippen LogP contribution is 2.29. The fraction of sp³-hybridized carbons (Fsp3) is 0.800. The van der Waals surface area contributed by atoms with Gasteiger partial charge in [0.15, 0.2) is 0 Å². The van der Waals surface area contributed by atoms with E-state index in [4.69, 9.17) is 5.11 Å². The number of carbonyl (C=O) groups excluding carboxylic acids is 1. The third-order valence-corrected chi connectivity index (χ3v) is 3.26. The number of halogens is 2. The molecule has 17 heavy (non-hydrogen) atoms. The summed E-state index contributed by atoms with van der Waals surface area (Å²) in [5.74, 6) is -3.32. The van der Waals surface area contributed by atoms with E-state index in [2.05, 4.69) is 0 Å². The van der Waals surface area contributed by atoms with E-state index in [1.807, 2.05) is 0 Å². The number of rotatable bonds is 1. The summed E-state index contributed by atoms with van der Waals surface area (Å²) >= 11 is 0. The molecule has 0 bridgehead atoms. The number of nitrogens with zero attached hydrogens (tertiary/aromatic N) is 2. The van der Waals surface area contributed by atoms with E-state index in [0.29, 0.717) is 19.4 Å². The smallest absolute Gasteiger partial charge is 0.407 e. The molecular weight excluding hydrogens is 234 g/mol. The molecule has 0 saturated carbocycles. The van der Waals surface area contributed by atoms with Crippen LogP contribution in [-0.2, 0) is 4.79 Å². The van der Waals surface area contributed by atoms with Crippen LogP contribution in [0.3, 0.4) is 0 Å². The molecule has 96 valence electrons. The maximum absolute atomic E-state index is 13.0. The summed E-state index contributed by atoms with van der Waals surface area (Å²) in [7, 11) is 0. The van der Waals surface area contributed by atoms with Gasteiger partial charge in [0.1, 0.15) is 6.04 Å². The van der Waals surface area contributed by atoms with Crippen molar-refractivity contribution < 1.29 is 23.5 Å². The molecule has 0 aliphatic carbocycles. The van der Waals surface area contributed by atoms with Gasteiger partial charge in [-0.05, 0) is 12.8 Å². The molecule has 0 aromatic carbocycles. The number of hydrogen-bond donors (Lipinski definition) is 1. The molecule has 2 aliphatic rings. The average Bonchev–Trinajstić information content (AvgIpc) is 2.82. The lowest BCUT2D eigenvalue weighted by atomic mass is 10.2. The van der Waals surface area contributed by atoms with E-state index in [9.17, 15) is 18.4 Å². The Morgan fingerprint density at radius 1 is 1.29 bits per heavy atom. The Balaban J connectivity index is 2.03. The molecule has 0 spiro atoms. The van der Waals surface area contributed by atoms with Gasteiger partial charge in [0.05, 0.1) is 6.54 Å². The van der Waals surface area contributed by atoms with Gasteiger partial charge in [0, 0.05) is 19.5 Å². The molecule has 5 nitrogen and oxygen atoms in total. The number of alkyl halides is 2. The van der Waals surface area contributed by atoms with Gasteiger partial charge in [-0.1, -0.05) is 0 Å². The van der Waals surface area contributed by atoms with E-state index in [1.165, 1.54) is 0 Å². The van der Waals surface area contributed by atoms with E-state index >= 15 is 0 Å². The van der Waals surface area contributed by atoms with Gasteiger partial charge in [-0.3, -0.25) is 9.69 Å². The largest absolute Gasteiger partial charge is 0.465 e. The minimum absolute atomic E-state index is 0.00971. The maximum atomic E-state index is 13.0. The van der Waals surface area contributed by atoms with Crippen molar-refractivity contribution >= 4 is 12.0 Å². The fourth-order valence-electron chi connectivity index (χ4n) is 2.39. The van der Waals surface area contributed by atoms with E-state index in [0.717, 1.165) is 9.80 Å². The lowest BCUT2D eigenvalue weighted by molar-refractivity contribution is -0.135. The summed E-state index contributed by atoms with van der Waals surface area (Å²) in [6, 6.07) is -0.776. The van der Waals surface area contributed by atoms with Crippen molar-refractivity contribution in [2.24, 2.45) is 0 Å². The predicted molar refractivity (Wildman–Crippen MR) is 53.9 cm³/mol. The zero-order valence-electron chi connectivity index (χ0n) is 9.23. The Kier molecular flexibility index (Phi) is 2.92. The predicted octanol–water partition coefficient (Wildman–Crippen LogP) is 0.996. The minimum atomic E-state index is -2.83. The van der Waals surface area contributed by atoms with E-state index in [1.54, 1.807) is 0 Å². The molecule has 2 saturated heterocycles. The van der Waals surface area contributed by atoms with Crippen LogP contribution in [0.2, 0.25) is 0 Å². The van der Waals surface area contributed by atoms with Gasteiger partial charge < -0.3 is 10.0 Å². The van der Waals surface area contributed by atoms with Crippen LogP contribution >= 0.6 is 0 Å². The van der Waals surface area contributed by atoms with Crippen LogP contribution in [0.25, 0.3) is 0 Å². The van der Waals surface area contributed by atoms with Gasteiger partial charge >= 0.3 is 6.09 Å². The molecule has 0 aromatic rings. The normalized spacial score (nSPS) is 27.5. The molecule has 0 aromatic heterocycles. The van der Waals surface area contributed by atoms with E-state index < -0.39 is 30.5 Å². The van der Waals surface area contributed by atoms with Crippen molar-refractivity contribution in [2.45, 2.75) is 31.2 Å². The minimum Gasteiger partial charge on any atom is -0.465 e. The standard InChI is InChI=1S/C10H14F2N2O3/c11-10(12)3-5-13(6-10)8(15)7-2-1-4-14(7)9(16)17/h7H,1-6H2,(H,16,17). The monoisotopic (exact) mass is 248 g/mol. The lowest BCUT2D eigenvalue weighted by Gasteiger charge is -2.25. The molecule has 7 heteroatoms. The third-order valence-electron chi connectivity index (χ3n) is 3.26. The van der Waals surface area contributed by atoms with Gasteiger partial charge in [0.2, 0.25) is 5.91 Å². The molecule has 2 amide bonds. The first-order valence-corrected chi connectivity index (χ1v) is 5.57. The average molecular weight is 248 g/mol. The topological polar surface area (TPSA) is 60.9 Å². The number of likely N-dealkylation sites (tertiary alicyclic amines) is 2. The molecule has 1 N–H and O–H groups in total. The second-order valence-electron chi connectivity index (χ2n) is 4.50. The molecular formula is C10H14F2N2O3. The second-order valence-corrected chi connectivity index (χ2v) is 4.50. The number of amides is 2. The lowest BCUT2D eigenvalue weighted by Crippen LogP contribution is -2.47. The van der Waals surface area contributed by atoms with Crippen molar-refractivity contribution in [1.82, 2.24) is 9.80 Å². The maximum Gasteiger partial charge on any atom is 0.407 e. The van der Waals surface area contributed by atoms with Gasteiger partial charge in [-0.2, -0.15) is 0 Å². The fourth-order valence-corrected chi connectivity index (χ4v) is 2.39. The van der Waals surface area contributed by atoms with Crippen molar-refractivity contribution in [3.8, 4) is 0 Å². The number of carbonyl (C=O) groups is 2. The van der Waals surface area contributed by atoms with Crippen LogP contribution in [0, 0.1) is 0 Å². The quantitative estimate of drug-likeness (QED) is 0.753. The molecule has 2 aliphatic heterocycles. The second kappa shape index (κ2) is 4.12. The van der Waals surface area contributed by atoms with Crippen molar-refractivity contribution in [3.05, 3.63) is 0 Å². The highest BCUT2D eigenvalue weighted by atomic mass is 19.3. The van der Waals surface area contributed by atoms with Gasteiger partial charge in [-0.25, -0.2) is 13.6 Å². The Hall–Kier alpha value is -1.40. The first-order valence-electron chi connectivity index (χ1n) is 5.57. The van der Waals surface area contributed by atoms with Crippen LogP contribution in [-0.4, -0.2) is 58.5 Å². The van der Waals surface area contributed by atoms with Gasteiger partial charge in [0.25, 0.3) is 5.92 Å². The van der Waals surface area contributed by atoms with Crippen LogP contribution in [0.1, 0.15) is 19.3 Å². The Morgan fingerprint density at radius 3 is 2.53 bits per heavy atom. The zero-order valence-corrected chi connectivity index (χ0v) is 9.23. The summed E-state index contributed by atoms with van der Waals surface area (Å²) < 4.78 is 25.9. The Morgan fingerprint density at radius 2 is 2.00 bits per heavy atom. The summed E-state index contributed by atoms with van der Waals surface area (Å²) in [5.41, 5.74) is 0. The van der Waals surface area contributed by atoms with Crippen LogP contribution in [0.4, 0.5) is 13.6 Å². The van der Waals surface area contributed by atoms with Crippen LogP contribution in [0.15, 0.2) is 0 Å². The summed E-state index contributed by atoms with van der Waals surface area (Å²) in [6.45, 7) is -0.276. The molecule has 1 unspecified atom stereocenters. The number of hydrogen-bond acceptors (Lipinski definition) is 2. The first kappa shape index (κ1) is 12.1. The zero-order chi connectivity index (χ0) is 12.6. The molecule has 1 atom stereocenters. The summed E-state index contributed by atoms with van der Waals surface area (Å²) in [6.07, 6.45) is -0.467. The van der Waals surface area contributed by atoms with Crippen LogP contribution < -0.4 is 0 Å². The summed E-state index contributed by atoms with van der Waals surface area (Å²) in [5, 5.41) is 8.89. The van der Waals surface area contributed by atoms with Crippen molar-refractivity contribution in [3.63, 3.8) is 0 Å². The Labute approximate surface area is 97.0 Å².